The first-order valence-corrected chi connectivity index (χ1v) is 5.52. The van der Waals surface area contributed by atoms with E-state index in [4.69, 9.17) is 27.9 Å². The maximum Gasteiger partial charge on any atom is 0.179 e. The SMILES string of the molecule is COc1cc(Cl)c2c(C(=O)CCl)c[nH]c2c1. The zero-order valence-electron chi connectivity index (χ0n) is 8.51. The molecule has 0 saturated heterocycles. The summed E-state index contributed by atoms with van der Waals surface area (Å²) in [7, 11) is 1.56. The molecule has 16 heavy (non-hydrogen) atoms. The van der Waals surface area contributed by atoms with E-state index in [2.05, 4.69) is 4.98 Å². The largest absolute Gasteiger partial charge is 0.497 e. The minimum atomic E-state index is -0.153. The average molecular weight is 258 g/mol. The fraction of sp³-hybridized carbons (Fsp3) is 0.182. The van der Waals surface area contributed by atoms with Gasteiger partial charge in [0.2, 0.25) is 0 Å². The van der Waals surface area contributed by atoms with Crippen LogP contribution >= 0.6 is 23.2 Å². The molecule has 0 aliphatic heterocycles. The van der Waals surface area contributed by atoms with E-state index in [9.17, 15) is 4.79 Å². The predicted molar refractivity (Wildman–Crippen MR) is 64.9 cm³/mol. The molecule has 2 aromatic rings. The molecule has 0 radical (unpaired) electrons. The summed E-state index contributed by atoms with van der Waals surface area (Å²) in [6.45, 7) is 0. The van der Waals surface area contributed by atoms with Crippen LogP contribution in [0.3, 0.4) is 0 Å². The lowest BCUT2D eigenvalue weighted by Gasteiger charge is -2.02. The molecule has 0 fully saturated rings. The van der Waals surface area contributed by atoms with E-state index in [0.717, 1.165) is 5.52 Å². The highest BCUT2D eigenvalue weighted by Gasteiger charge is 2.14. The third kappa shape index (κ3) is 1.77. The Morgan fingerprint density at radius 2 is 2.25 bits per heavy atom. The highest BCUT2D eigenvalue weighted by molar-refractivity contribution is 6.38. The monoisotopic (exact) mass is 257 g/mol. The summed E-state index contributed by atoms with van der Waals surface area (Å²) < 4.78 is 5.08. The molecular formula is C11H9Cl2NO2. The summed E-state index contributed by atoms with van der Waals surface area (Å²) in [5, 5.41) is 1.16. The first kappa shape index (κ1) is 11.3. The minimum absolute atomic E-state index is 0.0602. The van der Waals surface area contributed by atoms with E-state index in [-0.39, 0.29) is 11.7 Å². The number of methoxy groups -OCH3 is 1. The Balaban J connectivity index is 2.68. The van der Waals surface area contributed by atoms with Gasteiger partial charge in [-0.15, -0.1) is 11.6 Å². The molecule has 2 rings (SSSR count). The zero-order chi connectivity index (χ0) is 11.7. The number of Topliss-reactive ketones (excluding diaryl/α,β-unsaturated/α-hetero) is 1. The Labute approximate surface area is 102 Å². The van der Waals surface area contributed by atoms with Gasteiger partial charge < -0.3 is 9.72 Å². The number of hydrogen-bond acceptors (Lipinski definition) is 2. The quantitative estimate of drug-likeness (QED) is 0.678. The van der Waals surface area contributed by atoms with Crippen molar-refractivity contribution in [3.8, 4) is 5.75 Å². The maximum absolute atomic E-state index is 11.6. The smallest absolute Gasteiger partial charge is 0.179 e. The van der Waals surface area contributed by atoms with Crippen molar-refractivity contribution in [1.82, 2.24) is 4.98 Å². The van der Waals surface area contributed by atoms with Crippen molar-refractivity contribution in [2.75, 3.05) is 13.0 Å². The number of H-pyrrole nitrogens is 1. The van der Waals surface area contributed by atoms with Crippen LogP contribution in [0.5, 0.6) is 5.75 Å². The Bertz CT molecular complexity index is 548. The molecule has 5 heteroatoms. The van der Waals surface area contributed by atoms with Gasteiger partial charge in [0.1, 0.15) is 5.75 Å². The number of rotatable bonds is 3. The van der Waals surface area contributed by atoms with Crippen molar-refractivity contribution < 1.29 is 9.53 Å². The standard InChI is InChI=1S/C11H9Cl2NO2/c1-16-6-2-8(13)11-7(10(15)4-12)5-14-9(11)3-6/h2-3,5,14H,4H2,1H3. The molecule has 0 saturated carbocycles. The summed E-state index contributed by atoms with van der Waals surface area (Å²) in [4.78, 5) is 14.5. The van der Waals surface area contributed by atoms with Crippen LogP contribution in [0.15, 0.2) is 18.3 Å². The fourth-order valence-corrected chi connectivity index (χ4v) is 2.06. The second kappa shape index (κ2) is 4.36. The van der Waals surface area contributed by atoms with Crippen molar-refractivity contribution in [2.24, 2.45) is 0 Å². The van der Waals surface area contributed by atoms with Crippen LogP contribution in [0.4, 0.5) is 0 Å². The molecule has 0 bridgehead atoms. The normalized spacial score (nSPS) is 10.7. The molecule has 1 heterocycles. The molecule has 0 amide bonds. The first-order valence-electron chi connectivity index (χ1n) is 4.61. The number of benzene rings is 1. The van der Waals surface area contributed by atoms with Crippen molar-refractivity contribution in [3.63, 3.8) is 0 Å². The lowest BCUT2D eigenvalue weighted by molar-refractivity contribution is 0.102. The summed E-state index contributed by atoms with van der Waals surface area (Å²) >= 11 is 11.6. The van der Waals surface area contributed by atoms with Gasteiger partial charge in [-0.25, -0.2) is 0 Å². The summed E-state index contributed by atoms with van der Waals surface area (Å²) in [5.41, 5.74) is 1.27. The zero-order valence-corrected chi connectivity index (χ0v) is 10.0. The highest BCUT2D eigenvalue weighted by atomic mass is 35.5. The minimum Gasteiger partial charge on any atom is -0.497 e. The number of aromatic nitrogens is 1. The first-order chi connectivity index (χ1) is 7.67. The molecular weight excluding hydrogens is 249 g/mol. The Kier molecular flexibility index (Phi) is 3.08. The van der Waals surface area contributed by atoms with E-state index in [1.807, 2.05) is 0 Å². The third-order valence-electron chi connectivity index (χ3n) is 2.36. The number of hydrogen-bond donors (Lipinski definition) is 1. The van der Waals surface area contributed by atoms with Crippen molar-refractivity contribution >= 4 is 39.9 Å². The Morgan fingerprint density at radius 1 is 1.50 bits per heavy atom. The molecule has 0 aliphatic carbocycles. The molecule has 0 atom stereocenters. The van der Waals surface area contributed by atoms with E-state index in [1.165, 1.54) is 0 Å². The van der Waals surface area contributed by atoms with Crippen LogP contribution in [-0.4, -0.2) is 23.8 Å². The summed E-state index contributed by atoms with van der Waals surface area (Å²) in [5.74, 6) is 0.430. The molecule has 1 N–H and O–H groups in total. The van der Waals surface area contributed by atoms with Gasteiger partial charge in [-0.2, -0.15) is 0 Å². The van der Waals surface area contributed by atoms with Gasteiger partial charge in [-0.3, -0.25) is 4.79 Å². The van der Waals surface area contributed by atoms with Gasteiger partial charge >= 0.3 is 0 Å². The van der Waals surface area contributed by atoms with E-state index in [1.54, 1.807) is 25.4 Å². The Morgan fingerprint density at radius 3 is 2.88 bits per heavy atom. The van der Waals surface area contributed by atoms with Crippen LogP contribution in [0.25, 0.3) is 10.9 Å². The van der Waals surface area contributed by atoms with Crippen LogP contribution in [-0.2, 0) is 0 Å². The second-order valence-electron chi connectivity index (χ2n) is 3.29. The van der Waals surface area contributed by atoms with Gasteiger partial charge in [0.25, 0.3) is 0 Å². The van der Waals surface area contributed by atoms with Gasteiger partial charge in [-0.1, -0.05) is 11.6 Å². The molecule has 84 valence electrons. The molecule has 0 unspecified atom stereocenters. The fourth-order valence-electron chi connectivity index (χ4n) is 1.60. The number of fused-ring (bicyclic) bond motifs is 1. The lowest BCUT2D eigenvalue weighted by atomic mass is 10.1. The van der Waals surface area contributed by atoms with Gasteiger partial charge in [0.15, 0.2) is 5.78 Å². The molecule has 1 aromatic carbocycles. The van der Waals surface area contributed by atoms with Crippen LogP contribution < -0.4 is 4.74 Å². The molecule has 3 nitrogen and oxygen atoms in total. The number of aromatic amines is 1. The summed E-state index contributed by atoms with van der Waals surface area (Å²) in [6.07, 6.45) is 1.61. The van der Waals surface area contributed by atoms with E-state index < -0.39 is 0 Å². The number of ether oxygens (including phenoxy) is 1. The number of halogens is 2. The number of ketones is 1. The molecule has 0 spiro atoms. The van der Waals surface area contributed by atoms with Crippen molar-refractivity contribution in [1.29, 1.82) is 0 Å². The Hall–Kier alpha value is -1.19. The number of alkyl halides is 1. The van der Waals surface area contributed by atoms with Crippen LogP contribution in [0.1, 0.15) is 10.4 Å². The summed E-state index contributed by atoms with van der Waals surface area (Å²) in [6, 6.07) is 3.45. The maximum atomic E-state index is 11.6. The molecule has 1 aromatic heterocycles. The molecule has 0 aliphatic rings. The topological polar surface area (TPSA) is 42.1 Å². The van der Waals surface area contributed by atoms with Gasteiger partial charge in [-0.05, 0) is 6.07 Å². The van der Waals surface area contributed by atoms with Crippen LogP contribution in [0.2, 0.25) is 5.02 Å². The van der Waals surface area contributed by atoms with Crippen molar-refractivity contribution in [3.05, 3.63) is 28.9 Å². The highest BCUT2D eigenvalue weighted by Crippen LogP contribution is 2.31. The van der Waals surface area contributed by atoms with Crippen LogP contribution in [0, 0.1) is 0 Å². The number of nitrogens with one attached hydrogen (secondary N) is 1. The average Bonchev–Trinajstić information content (AvgIpc) is 2.72. The van der Waals surface area contributed by atoms with Gasteiger partial charge in [0, 0.05) is 23.2 Å². The predicted octanol–water partition coefficient (Wildman–Crippen LogP) is 3.25. The van der Waals surface area contributed by atoms with E-state index in [0.29, 0.717) is 21.7 Å². The third-order valence-corrected chi connectivity index (χ3v) is 2.90. The van der Waals surface area contributed by atoms with Gasteiger partial charge in [0.05, 0.1) is 23.5 Å². The number of carbonyl (C=O) groups is 1. The number of carbonyl (C=O) groups excluding carboxylic acids is 1. The lowest BCUT2D eigenvalue weighted by Crippen LogP contribution is -1.98. The second-order valence-corrected chi connectivity index (χ2v) is 3.97. The van der Waals surface area contributed by atoms with Crippen molar-refractivity contribution in [2.45, 2.75) is 0 Å². The van der Waals surface area contributed by atoms with E-state index >= 15 is 0 Å².